The molecule has 0 atom stereocenters. The molecule has 0 aliphatic heterocycles. The number of benzene rings is 1. The molecule has 1 aliphatic rings. The van der Waals surface area contributed by atoms with Crippen molar-refractivity contribution in [1.29, 1.82) is 0 Å². The molecule has 1 fully saturated rings. The number of hydrogen-bond donors (Lipinski definition) is 0. The molecule has 0 N–H and O–H groups in total. The lowest BCUT2D eigenvalue weighted by Gasteiger charge is -2.09. The third-order valence-electron chi connectivity index (χ3n) is 3.92. The maximum atomic E-state index is 12.0. The minimum atomic E-state index is -0.240. The van der Waals surface area contributed by atoms with Crippen LogP contribution in [-0.4, -0.2) is 26.7 Å². The number of carbonyl (C=O) groups is 1. The average Bonchev–Trinajstić information content (AvgIpc) is 3.21. The number of rotatable bonds is 6. The number of carbonyl (C=O) groups excluding carboxylic acids is 1. The lowest BCUT2D eigenvalue weighted by molar-refractivity contribution is 0.0483. The third-order valence-corrected chi connectivity index (χ3v) is 4.78. The highest BCUT2D eigenvalue weighted by atomic mass is 32.2. The van der Waals surface area contributed by atoms with E-state index in [1.807, 2.05) is 12.1 Å². The first-order valence-electron chi connectivity index (χ1n) is 7.61. The Kier molecular flexibility index (Phi) is 5.11. The molecule has 0 saturated heterocycles. The molecule has 2 aromatic rings. The van der Waals surface area contributed by atoms with Gasteiger partial charge < -0.3 is 4.74 Å². The van der Waals surface area contributed by atoms with E-state index in [0.717, 1.165) is 17.2 Å². The molecule has 6 heteroatoms. The second-order valence-electron chi connectivity index (χ2n) is 5.49. The summed E-state index contributed by atoms with van der Waals surface area (Å²) in [6.07, 6.45) is 9.33. The van der Waals surface area contributed by atoms with Crippen molar-refractivity contribution >= 4 is 17.9 Å². The zero-order valence-electron chi connectivity index (χ0n) is 12.4. The van der Waals surface area contributed by atoms with Crippen molar-refractivity contribution < 1.29 is 9.53 Å². The Morgan fingerprint density at radius 2 is 2.05 bits per heavy atom. The number of esters is 1. The lowest BCUT2D eigenvalue weighted by atomic mass is 10.1. The van der Waals surface area contributed by atoms with Crippen LogP contribution in [0.25, 0.3) is 0 Å². The van der Waals surface area contributed by atoms with Gasteiger partial charge >= 0.3 is 5.97 Å². The summed E-state index contributed by atoms with van der Waals surface area (Å²) in [6.45, 7) is 0.527. The second kappa shape index (κ2) is 7.45. The van der Waals surface area contributed by atoms with Gasteiger partial charge in [-0.15, -0.1) is 5.10 Å². The molecule has 0 radical (unpaired) electrons. The molecule has 5 nitrogen and oxygen atoms in total. The minimum absolute atomic E-state index is 0.240. The van der Waals surface area contributed by atoms with E-state index in [4.69, 9.17) is 4.74 Å². The van der Waals surface area contributed by atoms with Crippen molar-refractivity contribution in [2.24, 2.45) is 5.92 Å². The standard InChI is InChI=1S/C16H19N3O2S/c20-16(21-10-9-13-3-1-2-4-13)14-5-7-15(8-6-14)22-19-12-17-11-18-19/h5-8,11-13H,1-4,9-10H2. The van der Waals surface area contributed by atoms with Crippen molar-refractivity contribution in [2.45, 2.75) is 37.0 Å². The monoisotopic (exact) mass is 317 g/mol. The SMILES string of the molecule is O=C(OCCC1CCCC1)c1ccc(Sn2cncn2)cc1. The van der Waals surface area contributed by atoms with Gasteiger partial charge in [0.15, 0.2) is 0 Å². The molecule has 1 heterocycles. The summed E-state index contributed by atoms with van der Waals surface area (Å²) in [6, 6.07) is 7.36. The second-order valence-corrected chi connectivity index (χ2v) is 6.52. The Bertz CT molecular complexity index is 592. The highest BCUT2D eigenvalue weighted by Gasteiger charge is 2.15. The topological polar surface area (TPSA) is 57.0 Å². The van der Waals surface area contributed by atoms with Gasteiger partial charge in [0.05, 0.1) is 12.2 Å². The van der Waals surface area contributed by atoms with Crippen LogP contribution in [0.4, 0.5) is 0 Å². The summed E-state index contributed by atoms with van der Waals surface area (Å²) in [7, 11) is 0. The third kappa shape index (κ3) is 4.10. The normalized spacial score (nSPS) is 15.1. The molecule has 116 valence electrons. The summed E-state index contributed by atoms with van der Waals surface area (Å²) in [5, 5.41) is 4.02. The van der Waals surface area contributed by atoms with Gasteiger partial charge in [-0.2, -0.15) is 4.09 Å². The highest BCUT2D eigenvalue weighted by molar-refractivity contribution is 7.97. The van der Waals surface area contributed by atoms with Crippen molar-refractivity contribution in [3.63, 3.8) is 0 Å². The predicted molar refractivity (Wildman–Crippen MR) is 84.6 cm³/mol. The average molecular weight is 317 g/mol. The quantitative estimate of drug-likeness (QED) is 0.762. The van der Waals surface area contributed by atoms with Crippen LogP contribution in [0.5, 0.6) is 0 Å². The smallest absolute Gasteiger partial charge is 0.338 e. The van der Waals surface area contributed by atoms with Crippen LogP contribution < -0.4 is 0 Å². The van der Waals surface area contributed by atoms with Crippen LogP contribution >= 0.6 is 11.9 Å². The largest absolute Gasteiger partial charge is 0.462 e. The van der Waals surface area contributed by atoms with Gasteiger partial charge in [-0.1, -0.05) is 25.7 Å². The molecule has 0 spiro atoms. The van der Waals surface area contributed by atoms with Gasteiger partial charge in [-0.05, 0) is 36.6 Å². The molecular formula is C16H19N3O2S. The fourth-order valence-electron chi connectivity index (χ4n) is 2.71. The van der Waals surface area contributed by atoms with Crippen molar-refractivity contribution in [1.82, 2.24) is 14.2 Å². The first-order valence-corrected chi connectivity index (χ1v) is 8.39. The van der Waals surface area contributed by atoms with E-state index in [1.165, 1.54) is 44.0 Å². The van der Waals surface area contributed by atoms with Crippen molar-refractivity contribution in [2.75, 3.05) is 6.61 Å². The van der Waals surface area contributed by atoms with Crippen molar-refractivity contribution in [3.8, 4) is 0 Å². The predicted octanol–water partition coefficient (Wildman–Crippen LogP) is 3.57. The Morgan fingerprint density at radius 1 is 1.27 bits per heavy atom. The molecule has 3 rings (SSSR count). The summed E-state index contributed by atoms with van der Waals surface area (Å²) in [5.41, 5.74) is 0.592. The molecule has 0 unspecified atom stereocenters. The van der Waals surface area contributed by atoms with Crippen LogP contribution in [0, 0.1) is 5.92 Å². The Hall–Kier alpha value is -1.82. The molecular weight excluding hydrogens is 298 g/mol. The number of ether oxygens (including phenoxy) is 1. The molecule has 0 amide bonds. The molecule has 1 aromatic carbocycles. The number of nitrogens with zero attached hydrogens (tertiary/aromatic N) is 3. The summed E-state index contributed by atoms with van der Waals surface area (Å²) in [5.74, 6) is 0.504. The lowest BCUT2D eigenvalue weighted by Crippen LogP contribution is -2.09. The summed E-state index contributed by atoms with van der Waals surface area (Å²) in [4.78, 5) is 16.9. The highest BCUT2D eigenvalue weighted by Crippen LogP contribution is 2.27. The number of hydrogen-bond acceptors (Lipinski definition) is 5. The van der Waals surface area contributed by atoms with Gasteiger partial charge in [0.1, 0.15) is 12.7 Å². The molecule has 22 heavy (non-hydrogen) atoms. The zero-order chi connectivity index (χ0) is 15.2. The van der Waals surface area contributed by atoms with E-state index in [-0.39, 0.29) is 5.97 Å². The summed E-state index contributed by atoms with van der Waals surface area (Å²) < 4.78 is 7.02. The van der Waals surface area contributed by atoms with Crippen LogP contribution in [0.1, 0.15) is 42.5 Å². The fraction of sp³-hybridized carbons (Fsp3) is 0.438. The maximum Gasteiger partial charge on any atom is 0.338 e. The van der Waals surface area contributed by atoms with Crippen LogP contribution in [0.3, 0.4) is 0 Å². The van der Waals surface area contributed by atoms with Gasteiger partial charge in [0.2, 0.25) is 0 Å². The van der Waals surface area contributed by atoms with E-state index in [2.05, 4.69) is 10.1 Å². The van der Waals surface area contributed by atoms with E-state index < -0.39 is 0 Å². The first kappa shape index (κ1) is 15.1. The van der Waals surface area contributed by atoms with Crippen LogP contribution in [0.2, 0.25) is 0 Å². The van der Waals surface area contributed by atoms with Gasteiger partial charge in [-0.25, -0.2) is 9.78 Å². The molecule has 1 aromatic heterocycles. The zero-order valence-corrected chi connectivity index (χ0v) is 13.2. The van der Waals surface area contributed by atoms with E-state index in [9.17, 15) is 4.79 Å². The molecule has 1 saturated carbocycles. The van der Waals surface area contributed by atoms with Gasteiger partial charge in [0.25, 0.3) is 0 Å². The van der Waals surface area contributed by atoms with Crippen LogP contribution in [-0.2, 0) is 4.74 Å². The van der Waals surface area contributed by atoms with E-state index >= 15 is 0 Å². The van der Waals surface area contributed by atoms with Gasteiger partial charge in [-0.3, -0.25) is 0 Å². The summed E-state index contributed by atoms with van der Waals surface area (Å²) >= 11 is 1.44. The Balaban J connectivity index is 1.47. The Labute approximate surface area is 134 Å². The van der Waals surface area contributed by atoms with E-state index in [1.54, 1.807) is 22.5 Å². The minimum Gasteiger partial charge on any atom is -0.462 e. The van der Waals surface area contributed by atoms with Gasteiger partial charge in [0, 0.05) is 16.8 Å². The molecule has 1 aliphatic carbocycles. The maximum absolute atomic E-state index is 12.0. The van der Waals surface area contributed by atoms with Crippen LogP contribution in [0.15, 0.2) is 41.8 Å². The number of aromatic nitrogens is 3. The fourth-order valence-corrected chi connectivity index (χ4v) is 3.37. The van der Waals surface area contributed by atoms with Crippen molar-refractivity contribution in [3.05, 3.63) is 42.5 Å². The van der Waals surface area contributed by atoms with E-state index in [0.29, 0.717) is 12.2 Å². The first-order chi connectivity index (χ1) is 10.8. The Morgan fingerprint density at radius 3 is 2.73 bits per heavy atom. The molecule has 0 bridgehead atoms.